The van der Waals surface area contributed by atoms with Gasteiger partial charge in [0.15, 0.2) is 6.29 Å². The van der Waals surface area contributed by atoms with Crippen molar-refractivity contribution in [2.24, 2.45) is 0 Å². The molecule has 0 spiro atoms. The van der Waals surface area contributed by atoms with E-state index in [2.05, 4.69) is 4.90 Å². The van der Waals surface area contributed by atoms with Crippen LogP contribution in [0.5, 0.6) is 0 Å². The summed E-state index contributed by atoms with van der Waals surface area (Å²) in [6.07, 6.45) is -0.794. The summed E-state index contributed by atoms with van der Waals surface area (Å²) in [6.45, 7) is 3.78. The van der Waals surface area contributed by atoms with Crippen molar-refractivity contribution in [1.82, 2.24) is 4.90 Å². The zero-order valence-electron chi connectivity index (χ0n) is 12.8. The molecule has 6 heteroatoms. The molecule has 1 aromatic rings. The second kappa shape index (κ2) is 7.03. The number of ether oxygens (including phenoxy) is 2. The van der Waals surface area contributed by atoms with Crippen LogP contribution in [0.2, 0.25) is 0 Å². The highest BCUT2D eigenvalue weighted by Gasteiger charge is 2.30. The molecular weight excluding hydrogens is 307 g/mol. The average molecular weight is 327 g/mol. The molecule has 0 aromatic heterocycles. The van der Waals surface area contributed by atoms with Crippen molar-refractivity contribution >= 4 is 5.57 Å². The maximum absolute atomic E-state index is 12.8. The van der Waals surface area contributed by atoms with Crippen LogP contribution in [-0.2, 0) is 15.7 Å². The Kier molecular flexibility index (Phi) is 5.04. The summed E-state index contributed by atoms with van der Waals surface area (Å²) in [6, 6.07) is 5.57. The van der Waals surface area contributed by atoms with E-state index in [0.29, 0.717) is 18.8 Å². The van der Waals surface area contributed by atoms with E-state index in [-0.39, 0.29) is 6.29 Å². The first-order valence-corrected chi connectivity index (χ1v) is 7.84. The van der Waals surface area contributed by atoms with Crippen molar-refractivity contribution in [2.45, 2.75) is 25.3 Å². The largest absolute Gasteiger partial charge is 0.416 e. The molecule has 0 radical (unpaired) electrons. The molecule has 0 aliphatic carbocycles. The topological polar surface area (TPSA) is 21.7 Å². The van der Waals surface area contributed by atoms with E-state index < -0.39 is 11.7 Å². The highest BCUT2D eigenvalue weighted by molar-refractivity contribution is 5.67. The lowest BCUT2D eigenvalue weighted by atomic mass is 9.97. The number of alkyl halides is 3. The number of hydrogen-bond donors (Lipinski definition) is 0. The Labute approximate surface area is 133 Å². The second-order valence-electron chi connectivity index (χ2n) is 5.82. The van der Waals surface area contributed by atoms with Crippen LogP contribution >= 0.6 is 0 Å². The quantitative estimate of drug-likeness (QED) is 0.844. The van der Waals surface area contributed by atoms with Gasteiger partial charge in [0.2, 0.25) is 0 Å². The molecule has 2 heterocycles. The van der Waals surface area contributed by atoms with Crippen LogP contribution in [0.4, 0.5) is 13.2 Å². The number of hydrogen-bond acceptors (Lipinski definition) is 3. The van der Waals surface area contributed by atoms with E-state index in [9.17, 15) is 13.2 Å². The van der Waals surface area contributed by atoms with Gasteiger partial charge in [0.05, 0.1) is 18.8 Å². The van der Waals surface area contributed by atoms with Crippen molar-refractivity contribution in [3.05, 3.63) is 41.5 Å². The normalized spacial score (nSPS) is 20.7. The highest BCUT2D eigenvalue weighted by atomic mass is 19.4. The Morgan fingerprint density at radius 1 is 1.17 bits per heavy atom. The first-order chi connectivity index (χ1) is 11.0. The van der Waals surface area contributed by atoms with Gasteiger partial charge in [-0.2, -0.15) is 13.2 Å². The van der Waals surface area contributed by atoms with Gasteiger partial charge in [-0.3, -0.25) is 4.90 Å². The van der Waals surface area contributed by atoms with E-state index in [1.54, 1.807) is 6.07 Å². The fourth-order valence-corrected chi connectivity index (χ4v) is 2.93. The molecule has 0 amide bonds. The molecule has 0 saturated carbocycles. The molecule has 0 bridgehead atoms. The Morgan fingerprint density at radius 3 is 2.61 bits per heavy atom. The zero-order valence-corrected chi connectivity index (χ0v) is 12.8. The van der Waals surface area contributed by atoms with Crippen molar-refractivity contribution < 1.29 is 22.6 Å². The fraction of sp³-hybridized carbons (Fsp3) is 0.529. The maximum atomic E-state index is 12.8. The minimum Gasteiger partial charge on any atom is -0.350 e. The number of benzene rings is 1. The molecule has 0 N–H and O–H groups in total. The van der Waals surface area contributed by atoms with Gasteiger partial charge in [-0.1, -0.05) is 18.2 Å². The minimum atomic E-state index is -4.29. The van der Waals surface area contributed by atoms with Crippen molar-refractivity contribution in [2.75, 3.05) is 32.8 Å². The summed E-state index contributed by atoms with van der Waals surface area (Å²) in [5, 5.41) is 0. The molecule has 126 valence electrons. The Hall–Kier alpha value is -1.37. The van der Waals surface area contributed by atoms with E-state index >= 15 is 0 Å². The number of rotatable bonds is 4. The highest BCUT2D eigenvalue weighted by Crippen LogP contribution is 2.32. The summed E-state index contributed by atoms with van der Waals surface area (Å²) >= 11 is 0. The Morgan fingerprint density at radius 2 is 1.96 bits per heavy atom. The lowest BCUT2D eigenvalue weighted by molar-refractivity contribution is -0.137. The van der Waals surface area contributed by atoms with Crippen LogP contribution < -0.4 is 0 Å². The monoisotopic (exact) mass is 327 g/mol. The van der Waals surface area contributed by atoms with Crippen LogP contribution in [0, 0.1) is 0 Å². The average Bonchev–Trinajstić information content (AvgIpc) is 3.06. The number of halogens is 3. The molecule has 2 aliphatic rings. The van der Waals surface area contributed by atoms with Gasteiger partial charge < -0.3 is 9.47 Å². The molecule has 0 atom stereocenters. The molecule has 1 fully saturated rings. The fourth-order valence-electron chi connectivity index (χ4n) is 2.93. The third-order valence-electron chi connectivity index (χ3n) is 4.23. The van der Waals surface area contributed by atoms with Gasteiger partial charge in [-0.05, 0) is 29.7 Å². The van der Waals surface area contributed by atoms with Crippen LogP contribution in [0.1, 0.15) is 24.0 Å². The summed E-state index contributed by atoms with van der Waals surface area (Å²) in [7, 11) is 0. The summed E-state index contributed by atoms with van der Waals surface area (Å²) in [5.74, 6) is 0. The van der Waals surface area contributed by atoms with Crippen LogP contribution in [0.15, 0.2) is 30.3 Å². The van der Waals surface area contributed by atoms with Crippen molar-refractivity contribution in [3.63, 3.8) is 0 Å². The van der Waals surface area contributed by atoms with Gasteiger partial charge in [0.25, 0.3) is 0 Å². The van der Waals surface area contributed by atoms with Gasteiger partial charge in [-0.15, -0.1) is 0 Å². The third-order valence-corrected chi connectivity index (χ3v) is 4.23. The molecule has 23 heavy (non-hydrogen) atoms. The van der Waals surface area contributed by atoms with Crippen LogP contribution in [0.25, 0.3) is 5.57 Å². The lowest BCUT2D eigenvalue weighted by Crippen LogP contribution is -2.31. The first kappa shape index (κ1) is 16.5. The van der Waals surface area contributed by atoms with Gasteiger partial charge >= 0.3 is 6.18 Å². The molecule has 2 aliphatic heterocycles. The molecule has 0 unspecified atom stereocenters. The molecule has 3 nitrogen and oxygen atoms in total. The smallest absolute Gasteiger partial charge is 0.350 e. The molecule has 1 aromatic carbocycles. The maximum Gasteiger partial charge on any atom is 0.416 e. The molecular formula is C17H20F3NO2. The lowest BCUT2D eigenvalue weighted by Gasteiger charge is -2.27. The zero-order chi connectivity index (χ0) is 16.3. The third kappa shape index (κ3) is 4.34. The summed E-state index contributed by atoms with van der Waals surface area (Å²) in [5.41, 5.74) is 1.07. The summed E-state index contributed by atoms with van der Waals surface area (Å²) < 4.78 is 49.2. The van der Waals surface area contributed by atoms with Crippen molar-refractivity contribution in [1.29, 1.82) is 0 Å². The van der Waals surface area contributed by atoms with Crippen LogP contribution in [0.3, 0.4) is 0 Å². The van der Waals surface area contributed by atoms with E-state index in [0.717, 1.165) is 44.1 Å². The Balaban J connectivity index is 1.58. The van der Waals surface area contributed by atoms with Gasteiger partial charge in [-0.25, -0.2) is 0 Å². The van der Waals surface area contributed by atoms with E-state index in [1.165, 1.54) is 12.1 Å². The summed E-state index contributed by atoms with van der Waals surface area (Å²) in [4.78, 5) is 2.27. The molecule has 3 rings (SSSR count). The standard InChI is InChI=1S/C17H20F3NO2/c18-17(19,20)15-3-1-2-14(12-15)13-4-7-21(8-5-13)9-6-16-22-10-11-23-16/h1-4,12,16H,5-11H2. The van der Waals surface area contributed by atoms with E-state index in [1.807, 2.05) is 6.08 Å². The number of nitrogens with zero attached hydrogens (tertiary/aromatic N) is 1. The van der Waals surface area contributed by atoms with Gasteiger partial charge in [0, 0.05) is 26.1 Å². The van der Waals surface area contributed by atoms with Crippen molar-refractivity contribution in [3.8, 4) is 0 Å². The predicted octanol–water partition coefficient (Wildman–Crippen LogP) is 3.56. The molecule has 1 saturated heterocycles. The van der Waals surface area contributed by atoms with E-state index in [4.69, 9.17) is 9.47 Å². The predicted molar refractivity (Wildman–Crippen MR) is 80.8 cm³/mol. The Bertz CT molecular complexity index is 565. The SMILES string of the molecule is FC(F)(F)c1cccc(C2=CCN(CCC3OCCO3)CC2)c1. The van der Waals surface area contributed by atoms with Crippen LogP contribution in [-0.4, -0.2) is 44.0 Å². The minimum absolute atomic E-state index is 0.108. The first-order valence-electron chi connectivity index (χ1n) is 7.84. The second-order valence-corrected chi connectivity index (χ2v) is 5.82. The van der Waals surface area contributed by atoms with Gasteiger partial charge in [0.1, 0.15) is 0 Å².